The van der Waals surface area contributed by atoms with Crippen molar-refractivity contribution in [2.24, 2.45) is 0 Å². The van der Waals surface area contributed by atoms with Crippen molar-refractivity contribution >= 4 is 15.9 Å². The zero-order valence-electron chi connectivity index (χ0n) is 12.9. The van der Waals surface area contributed by atoms with Gasteiger partial charge in [0.1, 0.15) is 0 Å². The summed E-state index contributed by atoms with van der Waals surface area (Å²) in [6.07, 6.45) is 1.72. The van der Waals surface area contributed by atoms with Gasteiger partial charge in [0.05, 0.1) is 6.61 Å². The molecule has 0 bridgehead atoms. The molecule has 0 fully saturated rings. The minimum atomic E-state index is 0.0663. The Morgan fingerprint density at radius 1 is 0.652 bits per heavy atom. The molecule has 0 saturated heterocycles. The summed E-state index contributed by atoms with van der Waals surface area (Å²) in [7, 11) is 0. The van der Waals surface area contributed by atoms with Gasteiger partial charge in [0.2, 0.25) is 0 Å². The lowest BCUT2D eigenvalue weighted by molar-refractivity contribution is 0.281. The Hall–Kier alpha value is -1.90. The largest absolute Gasteiger partial charge is 0.392 e. The van der Waals surface area contributed by atoms with Crippen LogP contribution in [0.25, 0.3) is 0 Å². The van der Waals surface area contributed by atoms with Gasteiger partial charge < -0.3 is 5.11 Å². The summed E-state index contributed by atoms with van der Waals surface area (Å²) in [5, 5.41) is 9.59. The highest BCUT2D eigenvalue weighted by atomic mass is 79.9. The van der Waals surface area contributed by atoms with Crippen molar-refractivity contribution in [2.75, 3.05) is 0 Å². The first-order chi connectivity index (χ1) is 11.3. The molecule has 1 nitrogen and oxygen atoms in total. The molecule has 23 heavy (non-hydrogen) atoms. The zero-order valence-corrected chi connectivity index (χ0v) is 14.5. The van der Waals surface area contributed by atoms with E-state index in [1.54, 1.807) is 0 Å². The summed E-state index contributed by atoms with van der Waals surface area (Å²) in [5.41, 5.74) is 5.94. The molecule has 2 heteroatoms. The second kappa shape index (κ2) is 7.58. The Morgan fingerprint density at radius 3 is 1.48 bits per heavy atom. The van der Waals surface area contributed by atoms with Crippen molar-refractivity contribution in [3.8, 4) is 0 Å². The van der Waals surface area contributed by atoms with Crippen LogP contribution in [0.4, 0.5) is 0 Å². The first kappa shape index (κ1) is 16.0. The summed E-state index contributed by atoms with van der Waals surface area (Å²) in [5.74, 6) is 0. The normalized spacial score (nSPS) is 10.7. The predicted octanol–water partition coefficient (Wildman–Crippen LogP) is 5.12. The van der Waals surface area contributed by atoms with Gasteiger partial charge in [0.15, 0.2) is 0 Å². The monoisotopic (exact) mass is 366 g/mol. The van der Waals surface area contributed by atoms with Gasteiger partial charge in [0, 0.05) is 4.47 Å². The quantitative estimate of drug-likeness (QED) is 0.663. The van der Waals surface area contributed by atoms with Crippen LogP contribution in [0, 0.1) is 0 Å². The lowest BCUT2D eigenvalue weighted by atomic mass is 9.96. The topological polar surface area (TPSA) is 20.2 Å². The Labute approximate surface area is 145 Å². The molecule has 3 aromatic carbocycles. The zero-order chi connectivity index (χ0) is 16.1. The van der Waals surface area contributed by atoms with E-state index in [4.69, 9.17) is 0 Å². The van der Waals surface area contributed by atoms with Gasteiger partial charge in [-0.2, -0.15) is 0 Å². The number of rotatable bonds is 5. The summed E-state index contributed by atoms with van der Waals surface area (Å²) in [6, 6.07) is 25.0. The lowest BCUT2D eigenvalue weighted by Crippen LogP contribution is -1.99. The average Bonchev–Trinajstić information content (AvgIpc) is 2.60. The molecule has 0 aliphatic rings. The summed E-state index contributed by atoms with van der Waals surface area (Å²) in [4.78, 5) is 0. The molecular weight excluding hydrogens is 348 g/mol. The van der Waals surface area contributed by atoms with Gasteiger partial charge in [-0.3, -0.25) is 0 Å². The Morgan fingerprint density at radius 2 is 1.09 bits per heavy atom. The van der Waals surface area contributed by atoms with Crippen LogP contribution in [0.5, 0.6) is 0 Å². The molecule has 0 unspecified atom stereocenters. The van der Waals surface area contributed by atoms with Gasteiger partial charge in [0.25, 0.3) is 0 Å². The van der Waals surface area contributed by atoms with Crippen LogP contribution >= 0.6 is 15.9 Å². The third-order valence-corrected chi connectivity index (χ3v) is 4.96. The van der Waals surface area contributed by atoms with E-state index in [1.807, 2.05) is 12.1 Å². The van der Waals surface area contributed by atoms with E-state index in [2.05, 4.69) is 76.6 Å². The molecule has 3 aromatic rings. The molecule has 1 N–H and O–H groups in total. The van der Waals surface area contributed by atoms with E-state index < -0.39 is 0 Å². The second-order valence-corrected chi connectivity index (χ2v) is 6.50. The van der Waals surface area contributed by atoms with E-state index in [0.29, 0.717) is 0 Å². The van der Waals surface area contributed by atoms with Crippen LogP contribution in [0.15, 0.2) is 77.3 Å². The van der Waals surface area contributed by atoms with Gasteiger partial charge >= 0.3 is 0 Å². The van der Waals surface area contributed by atoms with E-state index >= 15 is 0 Å². The molecule has 0 atom stereocenters. The van der Waals surface area contributed by atoms with Crippen molar-refractivity contribution in [3.05, 3.63) is 105 Å². The van der Waals surface area contributed by atoms with Crippen molar-refractivity contribution < 1.29 is 5.11 Å². The molecule has 0 heterocycles. The number of benzene rings is 3. The molecule has 116 valence electrons. The van der Waals surface area contributed by atoms with E-state index in [1.165, 1.54) is 22.3 Å². The first-order valence-corrected chi connectivity index (χ1v) is 8.54. The summed E-state index contributed by atoms with van der Waals surface area (Å²) >= 11 is 3.78. The number of hydrogen-bond donors (Lipinski definition) is 1. The molecule has 0 spiro atoms. The Balaban J connectivity index is 1.95. The van der Waals surface area contributed by atoms with Crippen LogP contribution < -0.4 is 0 Å². The summed E-state index contributed by atoms with van der Waals surface area (Å²) < 4.78 is 1.14. The van der Waals surface area contributed by atoms with E-state index in [-0.39, 0.29) is 6.61 Å². The van der Waals surface area contributed by atoms with Gasteiger partial charge in [-0.25, -0.2) is 0 Å². The van der Waals surface area contributed by atoms with Crippen molar-refractivity contribution in [1.29, 1.82) is 0 Å². The highest BCUT2D eigenvalue weighted by Gasteiger charge is 2.10. The minimum Gasteiger partial charge on any atom is -0.392 e. The third kappa shape index (κ3) is 4.10. The fourth-order valence-corrected chi connectivity index (χ4v) is 3.31. The maximum Gasteiger partial charge on any atom is 0.0682 e. The van der Waals surface area contributed by atoms with E-state index in [0.717, 1.165) is 22.9 Å². The average molecular weight is 367 g/mol. The molecule has 0 saturated carbocycles. The molecule has 0 aliphatic carbocycles. The Bertz CT molecular complexity index is 704. The van der Waals surface area contributed by atoms with Crippen LogP contribution in [-0.4, -0.2) is 5.11 Å². The highest BCUT2D eigenvalue weighted by molar-refractivity contribution is 9.10. The SMILES string of the molecule is OCc1cc(Cc2ccccc2)c(Br)c(Cc2ccccc2)c1. The fourth-order valence-electron chi connectivity index (χ4n) is 2.80. The van der Waals surface area contributed by atoms with Crippen LogP contribution in [0.2, 0.25) is 0 Å². The minimum absolute atomic E-state index is 0.0663. The van der Waals surface area contributed by atoms with Crippen LogP contribution in [0.1, 0.15) is 27.8 Å². The fraction of sp³-hybridized carbons (Fsp3) is 0.143. The van der Waals surface area contributed by atoms with Crippen LogP contribution in [-0.2, 0) is 19.4 Å². The standard InChI is InChI=1S/C21H19BrO/c22-21-19(11-16-7-3-1-4-8-16)13-18(15-23)14-20(21)12-17-9-5-2-6-10-17/h1-10,13-14,23H,11-12,15H2. The lowest BCUT2D eigenvalue weighted by Gasteiger charge is -2.13. The van der Waals surface area contributed by atoms with Crippen molar-refractivity contribution in [1.82, 2.24) is 0 Å². The molecule has 0 aliphatic heterocycles. The number of aliphatic hydroxyl groups excluding tert-OH is 1. The van der Waals surface area contributed by atoms with Crippen molar-refractivity contribution in [3.63, 3.8) is 0 Å². The van der Waals surface area contributed by atoms with Crippen LogP contribution in [0.3, 0.4) is 0 Å². The number of halogens is 1. The van der Waals surface area contributed by atoms with Gasteiger partial charge in [-0.05, 0) is 40.7 Å². The molecular formula is C21H19BrO. The number of hydrogen-bond acceptors (Lipinski definition) is 1. The molecule has 0 aromatic heterocycles. The molecule has 0 radical (unpaired) electrons. The maximum absolute atomic E-state index is 9.59. The van der Waals surface area contributed by atoms with Gasteiger partial charge in [-0.15, -0.1) is 0 Å². The highest BCUT2D eigenvalue weighted by Crippen LogP contribution is 2.28. The summed E-state index contributed by atoms with van der Waals surface area (Å²) in [6.45, 7) is 0.0663. The number of aliphatic hydroxyl groups is 1. The maximum atomic E-state index is 9.59. The predicted molar refractivity (Wildman–Crippen MR) is 98.6 cm³/mol. The van der Waals surface area contributed by atoms with E-state index in [9.17, 15) is 5.11 Å². The Kier molecular flexibility index (Phi) is 5.27. The van der Waals surface area contributed by atoms with Gasteiger partial charge in [-0.1, -0.05) is 88.7 Å². The second-order valence-electron chi connectivity index (χ2n) is 5.71. The molecule has 0 amide bonds. The van der Waals surface area contributed by atoms with Crippen molar-refractivity contribution in [2.45, 2.75) is 19.4 Å². The smallest absolute Gasteiger partial charge is 0.0682 e. The third-order valence-electron chi connectivity index (χ3n) is 3.94. The molecule has 3 rings (SSSR count). The first-order valence-electron chi connectivity index (χ1n) is 7.75.